The van der Waals surface area contributed by atoms with Gasteiger partial charge < -0.3 is 9.64 Å². The Kier molecular flexibility index (Phi) is 3.88. The number of nitrogens with zero attached hydrogens (tertiary/aromatic N) is 1. The number of piperidine rings is 1. The van der Waals surface area contributed by atoms with Gasteiger partial charge in [0.2, 0.25) is 0 Å². The molecule has 1 aromatic carbocycles. The maximum Gasteiger partial charge on any atom is 0.318 e. The number of ether oxygens (including phenoxy) is 1. The highest BCUT2D eigenvalue weighted by atomic mass is 16.5. The van der Waals surface area contributed by atoms with Gasteiger partial charge in [0.25, 0.3) is 0 Å². The molecular formula is C15H19NO3. The molecule has 102 valence electrons. The highest BCUT2D eigenvalue weighted by molar-refractivity contribution is 6.00. The lowest BCUT2D eigenvalue weighted by Crippen LogP contribution is -2.45. The molecule has 1 aliphatic rings. The van der Waals surface area contributed by atoms with Crippen LogP contribution in [0.2, 0.25) is 0 Å². The van der Waals surface area contributed by atoms with Gasteiger partial charge in [0.15, 0.2) is 5.78 Å². The molecule has 0 saturated carbocycles. The number of carbonyl (C=O) groups excluding carboxylic acids is 2. The third-order valence-electron chi connectivity index (χ3n) is 3.82. The zero-order valence-corrected chi connectivity index (χ0v) is 11.6. The zero-order valence-electron chi connectivity index (χ0n) is 11.6. The maximum atomic E-state index is 11.8. The molecule has 19 heavy (non-hydrogen) atoms. The van der Waals surface area contributed by atoms with Crippen molar-refractivity contribution in [2.24, 2.45) is 5.92 Å². The Bertz CT molecular complexity index is 502. The van der Waals surface area contributed by atoms with Crippen molar-refractivity contribution >= 4 is 17.4 Å². The van der Waals surface area contributed by atoms with Crippen LogP contribution >= 0.6 is 0 Å². The number of hydrogen-bond donors (Lipinski definition) is 0. The van der Waals surface area contributed by atoms with E-state index in [2.05, 4.69) is 24.8 Å². The highest BCUT2D eigenvalue weighted by Gasteiger charge is 2.34. The highest BCUT2D eigenvalue weighted by Crippen LogP contribution is 2.26. The summed E-state index contributed by atoms with van der Waals surface area (Å²) < 4.78 is 4.71. The lowest BCUT2D eigenvalue weighted by Gasteiger charge is -2.33. The molecule has 0 amide bonds. The van der Waals surface area contributed by atoms with E-state index >= 15 is 0 Å². The van der Waals surface area contributed by atoms with Crippen molar-refractivity contribution in [3.63, 3.8) is 0 Å². The molecule has 0 N–H and O–H groups in total. The number of aryl methyl sites for hydroxylation is 1. The Balaban J connectivity index is 2.25. The predicted octanol–water partition coefficient (Wildman–Crippen LogP) is 1.87. The molecule has 0 aliphatic carbocycles. The zero-order chi connectivity index (χ0) is 14.0. The standard InChI is InChI=1S/C15H19NO3/c1-10-5-4-6-13(11(10)2)16-8-7-14(17)12(9-16)15(18)19-3/h4-6,12H,7-9H2,1-3H3. The molecule has 0 aromatic heterocycles. The number of carbonyl (C=O) groups is 2. The summed E-state index contributed by atoms with van der Waals surface area (Å²) in [6.07, 6.45) is 0.396. The van der Waals surface area contributed by atoms with Crippen LogP contribution in [0.5, 0.6) is 0 Å². The predicted molar refractivity (Wildman–Crippen MR) is 73.3 cm³/mol. The molecule has 1 aromatic rings. The van der Waals surface area contributed by atoms with Crippen molar-refractivity contribution in [3.05, 3.63) is 29.3 Å². The van der Waals surface area contributed by atoms with Crippen molar-refractivity contribution < 1.29 is 14.3 Å². The molecular weight excluding hydrogens is 242 g/mol. The molecule has 1 saturated heterocycles. The molecule has 1 unspecified atom stereocenters. The fraction of sp³-hybridized carbons (Fsp3) is 0.467. The van der Waals surface area contributed by atoms with Gasteiger partial charge in [-0.25, -0.2) is 0 Å². The summed E-state index contributed by atoms with van der Waals surface area (Å²) in [5.41, 5.74) is 3.51. The molecule has 1 aliphatic heterocycles. The first-order valence-corrected chi connectivity index (χ1v) is 6.46. The SMILES string of the molecule is COC(=O)C1CN(c2cccc(C)c2C)CCC1=O. The number of ketones is 1. The number of hydrogen-bond acceptors (Lipinski definition) is 4. The van der Waals surface area contributed by atoms with E-state index in [1.807, 2.05) is 12.1 Å². The maximum absolute atomic E-state index is 11.8. The third-order valence-corrected chi connectivity index (χ3v) is 3.82. The van der Waals surface area contributed by atoms with E-state index in [-0.39, 0.29) is 5.78 Å². The van der Waals surface area contributed by atoms with Crippen LogP contribution in [0.1, 0.15) is 17.5 Å². The number of esters is 1. The van der Waals surface area contributed by atoms with Gasteiger partial charge in [-0.3, -0.25) is 9.59 Å². The second-order valence-electron chi connectivity index (χ2n) is 4.96. The Morgan fingerprint density at radius 2 is 2.11 bits per heavy atom. The number of methoxy groups -OCH3 is 1. The molecule has 0 radical (unpaired) electrons. The normalized spacial score (nSPS) is 19.4. The lowest BCUT2D eigenvalue weighted by atomic mass is 9.95. The summed E-state index contributed by atoms with van der Waals surface area (Å²) in [5.74, 6) is -1.10. The van der Waals surface area contributed by atoms with Crippen molar-refractivity contribution in [1.29, 1.82) is 0 Å². The van der Waals surface area contributed by atoms with Gasteiger partial charge in [-0.15, -0.1) is 0 Å². The quantitative estimate of drug-likeness (QED) is 0.602. The van der Waals surface area contributed by atoms with Crippen LogP contribution in [0, 0.1) is 19.8 Å². The van der Waals surface area contributed by atoms with E-state index in [0.29, 0.717) is 19.5 Å². The van der Waals surface area contributed by atoms with Gasteiger partial charge in [0.1, 0.15) is 5.92 Å². The van der Waals surface area contributed by atoms with Gasteiger partial charge in [-0.1, -0.05) is 12.1 Å². The molecule has 1 fully saturated rings. The monoisotopic (exact) mass is 261 g/mol. The fourth-order valence-electron chi connectivity index (χ4n) is 2.48. The number of benzene rings is 1. The van der Waals surface area contributed by atoms with Crippen LogP contribution in [-0.4, -0.2) is 32.0 Å². The third kappa shape index (κ3) is 2.62. The summed E-state index contributed by atoms with van der Waals surface area (Å²) in [5, 5.41) is 0. The molecule has 2 rings (SSSR count). The van der Waals surface area contributed by atoms with Gasteiger partial charge >= 0.3 is 5.97 Å². The van der Waals surface area contributed by atoms with Crippen LogP contribution in [0.15, 0.2) is 18.2 Å². The molecule has 1 heterocycles. The Morgan fingerprint density at radius 3 is 2.79 bits per heavy atom. The number of Topliss-reactive ketones (excluding diaryl/α,β-unsaturated/α-hetero) is 1. The van der Waals surface area contributed by atoms with E-state index in [1.54, 1.807) is 0 Å². The summed E-state index contributed by atoms with van der Waals surface area (Å²) in [4.78, 5) is 25.5. The Labute approximate surface area is 113 Å². The van der Waals surface area contributed by atoms with Crippen LogP contribution in [0.3, 0.4) is 0 Å². The number of anilines is 1. The van der Waals surface area contributed by atoms with Crippen molar-refractivity contribution in [2.45, 2.75) is 20.3 Å². The van der Waals surface area contributed by atoms with Crippen LogP contribution in [0.25, 0.3) is 0 Å². The minimum atomic E-state index is -0.654. The van der Waals surface area contributed by atoms with Crippen molar-refractivity contribution in [2.75, 3.05) is 25.1 Å². The van der Waals surface area contributed by atoms with Crippen LogP contribution < -0.4 is 4.90 Å². The van der Waals surface area contributed by atoms with E-state index < -0.39 is 11.9 Å². The topological polar surface area (TPSA) is 46.6 Å². The first-order valence-electron chi connectivity index (χ1n) is 6.46. The molecule has 4 nitrogen and oxygen atoms in total. The largest absolute Gasteiger partial charge is 0.468 e. The lowest BCUT2D eigenvalue weighted by molar-refractivity contribution is -0.149. The van der Waals surface area contributed by atoms with Gasteiger partial charge in [0, 0.05) is 25.2 Å². The van der Waals surface area contributed by atoms with Crippen molar-refractivity contribution in [1.82, 2.24) is 0 Å². The van der Waals surface area contributed by atoms with Gasteiger partial charge in [-0.2, -0.15) is 0 Å². The summed E-state index contributed by atoms with van der Waals surface area (Å²) in [6.45, 7) is 5.20. The van der Waals surface area contributed by atoms with E-state index in [1.165, 1.54) is 18.2 Å². The molecule has 0 spiro atoms. The Morgan fingerprint density at radius 1 is 1.37 bits per heavy atom. The Hall–Kier alpha value is -1.84. The smallest absolute Gasteiger partial charge is 0.318 e. The summed E-state index contributed by atoms with van der Waals surface area (Å²) in [6, 6.07) is 6.10. The molecule has 4 heteroatoms. The first kappa shape index (κ1) is 13.6. The van der Waals surface area contributed by atoms with Gasteiger partial charge in [-0.05, 0) is 31.0 Å². The minimum absolute atomic E-state index is 0.0200. The fourth-order valence-corrected chi connectivity index (χ4v) is 2.48. The van der Waals surface area contributed by atoms with Crippen molar-refractivity contribution in [3.8, 4) is 0 Å². The molecule has 0 bridgehead atoms. The van der Waals surface area contributed by atoms with E-state index in [0.717, 1.165) is 5.69 Å². The van der Waals surface area contributed by atoms with Gasteiger partial charge in [0.05, 0.1) is 7.11 Å². The van der Waals surface area contributed by atoms with Crippen LogP contribution in [-0.2, 0) is 14.3 Å². The average molecular weight is 261 g/mol. The molecule has 1 atom stereocenters. The number of rotatable bonds is 2. The second kappa shape index (κ2) is 5.43. The first-order chi connectivity index (χ1) is 9.04. The van der Waals surface area contributed by atoms with E-state index in [4.69, 9.17) is 4.74 Å². The average Bonchev–Trinajstić information content (AvgIpc) is 2.42. The summed E-state index contributed by atoms with van der Waals surface area (Å²) in [7, 11) is 1.33. The van der Waals surface area contributed by atoms with Crippen LogP contribution in [0.4, 0.5) is 5.69 Å². The minimum Gasteiger partial charge on any atom is -0.468 e. The second-order valence-corrected chi connectivity index (χ2v) is 4.96. The van der Waals surface area contributed by atoms with E-state index in [9.17, 15) is 9.59 Å². The summed E-state index contributed by atoms with van der Waals surface area (Å²) >= 11 is 0.